The SMILES string of the molecule is COC(=O)c1ccc(CN2C(=O)S/C(=C/c3ccc(I)cc3)C2=O)o1. The smallest absolute Gasteiger partial charge is 0.373 e. The summed E-state index contributed by atoms with van der Waals surface area (Å²) in [5.41, 5.74) is 0.844. The van der Waals surface area contributed by atoms with Crippen molar-refractivity contribution in [2.75, 3.05) is 7.11 Å². The molecule has 0 spiro atoms. The third kappa shape index (κ3) is 3.96. The largest absolute Gasteiger partial charge is 0.463 e. The highest BCUT2D eigenvalue weighted by Crippen LogP contribution is 2.33. The monoisotopic (exact) mass is 469 g/mol. The molecule has 1 saturated heterocycles. The molecule has 1 aromatic heterocycles. The topological polar surface area (TPSA) is 76.8 Å². The summed E-state index contributed by atoms with van der Waals surface area (Å²) in [4.78, 5) is 37.4. The van der Waals surface area contributed by atoms with E-state index in [0.29, 0.717) is 10.7 Å². The average Bonchev–Trinajstić information content (AvgIpc) is 3.17. The Morgan fingerprint density at radius 2 is 1.96 bits per heavy atom. The second-order valence-corrected chi connectivity index (χ2v) is 7.32. The average molecular weight is 469 g/mol. The van der Waals surface area contributed by atoms with Gasteiger partial charge in [0.05, 0.1) is 18.6 Å². The number of nitrogens with zero attached hydrogens (tertiary/aromatic N) is 1. The quantitative estimate of drug-likeness (QED) is 0.384. The second-order valence-electron chi connectivity index (χ2n) is 5.08. The first-order valence-corrected chi connectivity index (χ1v) is 9.05. The van der Waals surface area contributed by atoms with Crippen LogP contribution in [-0.2, 0) is 16.1 Å². The molecule has 2 amide bonds. The predicted octanol–water partition coefficient (Wildman–Crippen LogP) is 3.91. The lowest BCUT2D eigenvalue weighted by Crippen LogP contribution is -2.27. The number of carbonyl (C=O) groups excluding carboxylic acids is 3. The summed E-state index contributed by atoms with van der Waals surface area (Å²) in [7, 11) is 1.25. The number of amides is 2. The number of methoxy groups -OCH3 is 1. The summed E-state index contributed by atoms with van der Waals surface area (Å²) < 4.78 is 11.0. The van der Waals surface area contributed by atoms with Gasteiger partial charge in [-0.1, -0.05) is 12.1 Å². The van der Waals surface area contributed by atoms with Gasteiger partial charge in [-0.05, 0) is 70.3 Å². The summed E-state index contributed by atoms with van der Waals surface area (Å²) in [6, 6.07) is 10.6. The van der Waals surface area contributed by atoms with Crippen LogP contribution in [-0.4, -0.2) is 29.1 Å². The number of halogens is 1. The van der Waals surface area contributed by atoms with Crippen molar-refractivity contribution < 1.29 is 23.5 Å². The van der Waals surface area contributed by atoms with E-state index >= 15 is 0 Å². The lowest BCUT2D eigenvalue weighted by Gasteiger charge is -2.09. The van der Waals surface area contributed by atoms with Gasteiger partial charge in [-0.3, -0.25) is 14.5 Å². The Balaban J connectivity index is 1.76. The van der Waals surface area contributed by atoms with Crippen LogP contribution in [0.2, 0.25) is 0 Å². The standard InChI is InChI=1S/C17H12INO5S/c1-23-16(21)13-7-6-12(24-13)9-19-15(20)14(25-17(19)22)8-10-2-4-11(18)5-3-10/h2-8H,9H2,1H3/b14-8+. The van der Waals surface area contributed by atoms with Crippen LogP contribution < -0.4 is 0 Å². The number of imide groups is 1. The molecule has 0 N–H and O–H groups in total. The maximum Gasteiger partial charge on any atom is 0.373 e. The van der Waals surface area contributed by atoms with E-state index in [1.54, 1.807) is 12.1 Å². The Kier molecular flexibility index (Phi) is 5.28. The Hall–Kier alpha value is -2.07. The van der Waals surface area contributed by atoms with Crippen LogP contribution in [0.4, 0.5) is 4.79 Å². The molecule has 25 heavy (non-hydrogen) atoms. The lowest BCUT2D eigenvalue weighted by molar-refractivity contribution is -0.123. The summed E-state index contributed by atoms with van der Waals surface area (Å²) in [5, 5.41) is -0.377. The van der Waals surface area contributed by atoms with Crippen molar-refractivity contribution in [1.29, 1.82) is 0 Å². The van der Waals surface area contributed by atoms with Crippen molar-refractivity contribution in [3.63, 3.8) is 0 Å². The van der Waals surface area contributed by atoms with E-state index < -0.39 is 5.97 Å². The van der Waals surface area contributed by atoms with Gasteiger partial charge in [-0.15, -0.1) is 0 Å². The molecule has 1 aromatic carbocycles. The number of hydrogen-bond acceptors (Lipinski definition) is 6. The minimum absolute atomic E-state index is 0.0268. The summed E-state index contributed by atoms with van der Waals surface area (Å²) in [6.45, 7) is -0.0360. The van der Waals surface area contributed by atoms with Gasteiger partial charge in [0.15, 0.2) is 0 Å². The van der Waals surface area contributed by atoms with Crippen LogP contribution in [0.15, 0.2) is 45.7 Å². The van der Waals surface area contributed by atoms with Crippen LogP contribution in [0, 0.1) is 3.57 Å². The molecule has 1 fully saturated rings. The molecule has 128 valence electrons. The molecule has 0 unspecified atom stereocenters. The normalized spacial score (nSPS) is 15.9. The molecule has 3 rings (SSSR count). The van der Waals surface area contributed by atoms with Gasteiger partial charge in [0.25, 0.3) is 11.1 Å². The minimum atomic E-state index is -0.612. The fourth-order valence-corrected chi connectivity index (χ4v) is 3.37. The summed E-state index contributed by atoms with van der Waals surface area (Å²) in [5.74, 6) is -0.638. The first-order valence-electron chi connectivity index (χ1n) is 7.16. The van der Waals surface area contributed by atoms with Crippen LogP contribution in [0.5, 0.6) is 0 Å². The number of benzene rings is 1. The predicted molar refractivity (Wildman–Crippen MR) is 101 cm³/mol. The Morgan fingerprint density at radius 1 is 1.24 bits per heavy atom. The third-order valence-corrected chi connectivity index (χ3v) is 5.03. The van der Waals surface area contributed by atoms with Gasteiger partial charge >= 0.3 is 5.97 Å². The number of hydrogen-bond donors (Lipinski definition) is 0. The lowest BCUT2D eigenvalue weighted by atomic mass is 10.2. The van der Waals surface area contributed by atoms with Gasteiger partial charge in [-0.25, -0.2) is 4.79 Å². The first-order chi connectivity index (χ1) is 12.0. The van der Waals surface area contributed by atoms with E-state index in [2.05, 4.69) is 27.3 Å². The number of esters is 1. The fraction of sp³-hybridized carbons (Fsp3) is 0.118. The van der Waals surface area contributed by atoms with E-state index in [1.807, 2.05) is 24.3 Å². The highest BCUT2D eigenvalue weighted by atomic mass is 127. The second kappa shape index (κ2) is 7.44. The number of carbonyl (C=O) groups is 3. The molecule has 0 saturated carbocycles. The molecule has 2 heterocycles. The molecule has 0 radical (unpaired) electrons. The number of furan rings is 1. The molecular formula is C17H12INO5S. The number of thioether (sulfide) groups is 1. The Morgan fingerprint density at radius 3 is 2.64 bits per heavy atom. The molecule has 1 aliphatic rings. The van der Waals surface area contributed by atoms with Crippen molar-refractivity contribution in [1.82, 2.24) is 4.90 Å². The van der Waals surface area contributed by atoms with E-state index in [1.165, 1.54) is 13.2 Å². The minimum Gasteiger partial charge on any atom is -0.463 e. The van der Waals surface area contributed by atoms with E-state index in [-0.39, 0.29) is 23.5 Å². The van der Waals surface area contributed by atoms with Crippen LogP contribution >= 0.6 is 34.4 Å². The molecule has 1 aliphatic heterocycles. The van der Waals surface area contributed by atoms with Crippen LogP contribution in [0.25, 0.3) is 6.08 Å². The summed E-state index contributed by atoms with van der Waals surface area (Å²) in [6.07, 6.45) is 1.68. The van der Waals surface area contributed by atoms with Crippen molar-refractivity contribution >= 4 is 57.5 Å². The van der Waals surface area contributed by atoms with Gasteiger partial charge in [0.2, 0.25) is 5.76 Å². The number of ether oxygens (including phenoxy) is 1. The molecule has 0 atom stereocenters. The number of rotatable bonds is 4. The van der Waals surface area contributed by atoms with E-state index in [4.69, 9.17) is 4.42 Å². The van der Waals surface area contributed by atoms with E-state index in [0.717, 1.165) is 25.8 Å². The highest BCUT2D eigenvalue weighted by Gasteiger charge is 2.35. The zero-order chi connectivity index (χ0) is 18.0. The van der Waals surface area contributed by atoms with Crippen molar-refractivity contribution in [2.24, 2.45) is 0 Å². The van der Waals surface area contributed by atoms with Crippen LogP contribution in [0.3, 0.4) is 0 Å². The summed E-state index contributed by atoms with van der Waals surface area (Å²) >= 11 is 3.08. The molecule has 0 bridgehead atoms. The molecular weight excluding hydrogens is 457 g/mol. The molecule has 6 nitrogen and oxygen atoms in total. The molecule has 0 aliphatic carbocycles. The van der Waals surface area contributed by atoms with Crippen molar-refractivity contribution in [2.45, 2.75) is 6.54 Å². The van der Waals surface area contributed by atoms with Gasteiger partial charge in [0, 0.05) is 3.57 Å². The van der Waals surface area contributed by atoms with E-state index in [9.17, 15) is 14.4 Å². The zero-order valence-corrected chi connectivity index (χ0v) is 16.0. The van der Waals surface area contributed by atoms with Gasteiger partial charge in [-0.2, -0.15) is 0 Å². The van der Waals surface area contributed by atoms with Crippen molar-refractivity contribution in [3.05, 3.63) is 62.0 Å². The molecule has 2 aromatic rings. The molecule has 8 heteroatoms. The third-order valence-electron chi connectivity index (χ3n) is 3.40. The van der Waals surface area contributed by atoms with Gasteiger partial charge in [0.1, 0.15) is 5.76 Å². The van der Waals surface area contributed by atoms with Gasteiger partial charge < -0.3 is 9.15 Å². The first kappa shape index (κ1) is 17.7. The Bertz CT molecular complexity index is 871. The fourth-order valence-electron chi connectivity index (χ4n) is 2.18. The maximum atomic E-state index is 12.5. The maximum absolute atomic E-state index is 12.5. The van der Waals surface area contributed by atoms with Crippen LogP contribution in [0.1, 0.15) is 21.9 Å². The van der Waals surface area contributed by atoms with Crippen molar-refractivity contribution in [3.8, 4) is 0 Å². The zero-order valence-electron chi connectivity index (χ0n) is 13.0. The Labute approximate surface area is 161 Å². The highest BCUT2D eigenvalue weighted by molar-refractivity contribution is 14.1.